The number of hydrogen-bond donors (Lipinski definition) is 2. The van der Waals surface area contributed by atoms with Crippen molar-refractivity contribution in [3.8, 4) is 11.5 Å². The third kappa shape index (κ3) is 2.85. The first-order chi connectivity index (χ1) is 9.51. The minimum Gasteiger partial charge on any atom is -0.456 e. The molecular formula is C14H12F2N2O2. The molecule has 0 spiro atoms. The van der Waals surface area contributed by atoms with Gasteiger partial charge in [0.1, 0.15) is 23.1 Å². The van der Waals surface area contributed by atoms with Crippen molar-refractivity contribution in [3.05, 3.63) is 59.2 Å². The second-order valence-electron chi connectivity index (χ2n) is 4.14. The molecule has 4 nitrogen and oxygen atoms in total. The molecule has 0 unspecified atom stereocenters. The molecule has 0 aliphatic rings. The number of hydrogen-bond acceptors (Lipinski definition) is 3. The van der Waals surface area contributed by atoms with Crippen molar-refractivity contribution in [1.29, 1.82) is 0 Å². The number of amidine groups is 1. The van der Waals surface area contributed by atoms with Gasteiger partial charge in [0.15, 0.2) is 5.84 Å². The van der Waals surface area contributed by atoms with Crippen LogP contribution in [-0.4, -0.2) is 11.0 Å². The van der Waals surface area contributed by atoms with Crippen LogP contribution >= 0.6 is 0 Å². The molecule has 0 radical (unpaired) electrons. The van der Waals surface area contributed by atoms with Crippen LogP contribution in [-0.2, 0) is 0 Å². The second-order valence-corrected chi connectivity index (χ2v) is 4.14. The number of nitrogens with two attached hydrogens (primary N) is 1. The normalized spacial score (nSPS) is 11.4. The van der Waals surface area contributed by atoms with E-state index in [4.69, 9.17) is 15.7 Å². The van der Waals surface area contributed by atoms with Gasteiger partial charge in [-0.1, -0.05) is 11.2 Å². The van der Waals surface area contributed by atoms with E-state index in [2.05, 4.69) is 5.16 Å². The number of nitrogens with zero attached hydrogens (tertiary/aromatic N) is 1. The minimum atomic E-state index is -0.561. The molecule has 2 aromatic rings. The number of aryl methyl sites for hydroxylation is 1. The quantitative estimate of drug-likeness (QED) is 0.392. The van der Waals surface area contributed by atoms with Crippen LogP contribution in [0.3, 0.4) is 0 Å². The van der Waals surface area contributed by atoms with Crippen LogP contribution in [0.5, 0.6) is 11.5 Å². The molecule has 20 heavy (non-hydrogen) atoms. The molecule has 3 N–H and O–H groups in total. The third-order valence-electron chi connectivity index (χ3n) is 2.70. The summed E-state index contributed by atoms with van der Waals surface area (Å²) in [6.45, 7) is 1.62. The number of ether oxygens (including phenoxy) is 1. The molecule has 104 valence electrons. The van der Waals surface area contributed by atoms with Gasteiger partial charge in [-0.25, -0.2) is 8.78 Å². The lowest BCUT2D eigenvalue weighted by molar-refractivity contribution is 0.318. The first-order valence-electron chi connectivity index (χ1n) is 5.72. The van der Waals surface area contributed by atoms with E-state index < -0.39 is 11.6 Å². The molecule has 0 aliphatic carbocycles. The number of oxime groups is 1. The summed E-state index contributed by atoms with van der Waals surface area (Å²) in [5.41, 5.74) is 6.01. The first-order valence-corrected chi connectivity index (χ1v) is 5.72. The van der Waals surface area contributed by atoms with E-state index in [9.17, 15) is 8.78 Å². The zero-order valence-electron chi connectivity index (χ0n) is 10.6. The topological polar surface area (TPSA) is 67.8 Å². The monoisotopic (exact) mass is 278 g/mol. The molecule has 0 aromatic heterocycles. The van der Waals surface area contributed by atoms with Crippen LogP contribution in [0.15, 0.2) is 41.6 Å². The van der Waals surface area contributed by atoms with Gasteiger partial charge in [-0.3, -0.25) is 0 Å². The zero-order chi connectivity index (χ0) is 14.7. The van der Waals surface area contributed by atoms with E-state index in [1.165, 1.54) is 12.1 Å². The van der Waals surface area contributed by atoms with Crippen molar-refractivity contribution in [1.82, 2.24) is 0 Å². The Morgan fingerprint density at radius 3 is 2.60 bits per heavy atom. The zero-order valence-corrected chi connectivity index (χ0v) is 10.6. The molecule has 2 rings (SSSR count). The van der Waals surface area contributed by atoms with Gasteiger partial charge in [-0.15, -0.1) is 0 Å². The Morgan fingerprint density at radius 1 is 1.20 bits per heavy atom. The Labute approximate surface area is 114 Å². The summed E-state index contributed by atoms with van der Waals surface area (Å²) in [5.74, 6) is -0.896. The Bertz CT molecular complexity index is 672. The molecule has 0 heterocycles. The molecule has 2 aromatic carbocycles. The van der Waals surface area contributed by atoms with Crippen molar-refractivity contribution >= 4 is 5.84 Å². The average Bonchev–Trinajstić information content (AvgIpc) is 2.44. The van der Waals surface area contributed by atoms with Gasteiger partial charge in [-0.05, 0) is 36.8 Å². The van der Waals surface area contributed by atoms with Crippen molar-refractivity contribution in [2.75, 3.05) is 0 Å². The highest BCUT2D eigenvalue weighted by Gasteiger charge is 2.11. The van der Waals surface area contributed by atoms with Gasteiger partial charge in [0, 0.05) is 6.07 Å². The van der Waals surface area contributed by atoms with E-state index in [1.54, 1.807) is 19.1 Å². The summed E-state index contributed by atoms with van der Waals surface area (Å²) in [4.78, 5) is 0. The SMILES string of the molecule is Cc1ccc(Oc2ccc(F)cc2/C(N)=N/O)cc1F. The van der Waals surface area contributed by atoms with Gasteiger partial charge >= 0.3 is 0 Å². The standard InChI is InChI=1S/C14H12F2N2O2/c1-8-2-4-10(7-12(8)16)20-13-5-3-9(15)6-11(13)14(17)18-19/h2-7,19H,1H3,(H2,17,18). The van der Waals surface area contributed by atoms with Crippen LogP contribution in [0.1, 0.15) is 11.1 Å². The average molecular weight is 278 g/mol. The Balaban J connectivity index is 2.40. The Hall–Kier alpha value is -2.63. The summed E-state index contributed by atoms with van der Waals surface area (Å²) >= 11 is 0. The maximum atomic E-state index is 13.4. The molecule has 0 saturated carbocycles. The van der Waals surface area contributed by atoms with Crippen LogP contribution < -0.4 is 10.5 Å². The number of rotatable bonds is 3. The molecule has 0 bridgehead atoms. The molecule has 0 aliphatic heterocycles. The van der Waals surface area contributed by atoms with Gasteiger partial charge in [0.25, 0.3) is 0 Å². The van der Waals surface area contributed by atoms with Crippen LogP contribution in [0.4, 0.5) is 8.78 Å². The fraction of sp³-hybridized carbons (Fsp3) is 0.0714. The Kier molecular flexibility index (Phi) is 3.84. The van der Waals surface area contributed by atoms with Crippen molar-refractivity contribution in [3.63, 3.8) is 0 Å². The predicted molar refractivity (Wildman–Crippen MR) is 70.1 cm³/mol. The van der Waals surface area contributed by atoms with E-state index in [0.717, 1.165) is 12.1 Å². The number of benzene rings is 2. The maximum Gasteiger partial charge on any atom is 0.173 e. The molecule has 0 amide bonds. The fourth-order valence-electron chi connectivity index (χ4n) is 1.61. The smallest absolute Gasteiger partial charge is 0.173 e. The van der Waals surface area contributed by atoms with Gasteiger partial charge in [0.05, 0.1) is 5.56 Å². The van der Waals surface area contributed by atoms with Crippen LogP contribution in [0, 0.1) is 18.6 Å². The lowest BCUT2D eigenvalue weighted by Crippen LogP contribution is -2.14. The summed E-state index contributed by atoms with van der Waals surface area (Å²) in [6, 6.07) is 7.87. The van der Waals surface area contributed by atoms with Crippen molar-refractivity contribution < 1.29 is 18.7 Å². The number of halogens is 2. The molecule has 0 saturated heterocycles. The molecule has 0 atom stereocenters. The van der Waals surface area contributed by atoms with E-state index >= 15 is 0 Å². The Morgan fingerprint density at radius 2 is 1.95 bits per heavy atom. The highest BCUT2D eigenvalue weighted by Crippen LogP contribution is 2.27. The lowest BCUT2D eigenvalue weighted by atomic mass is 10.1. The highest BCUT2D eigenvalue weighted by molar-refractivity contribution is 5.99. The lowest BCUT2D eigenvalue weighted by Gasteiger charge is -2.11. The second kappa shape index (κ2) is 5.56. The highest BCUT2D eigenvalue weighted by atomic mass is 19.1. The molecule has 0 fully saturated rings. The predicted octanol–water partition coefficient (Wildman–Crippen LogP) is 3.16. The van der Waals surface area contributed by atoms with E-state index in [1.807, 2.05) is 0 Å². The minimum absolute atomic E-state index is 0.0773. The molecular weight excluding hydrogens is 266 g/mol. The largest absolute Gasteiger partial charge is 0.456 e. The summed E-state index contributed by atoms with van der Waals surface area (Å²) in [5, 5.41) is 11.5. The fourth-order valence-corrected chi connectivity index (χ4v) is 1.61. The van der Waals surface area contributed by atoms with Crippen LogP contribution in [0.25, 0.3) is 0 Å². The first kappa shape index (κ1) is 13.8. The van der Waals surface area contributed by atoms with Crippen molar-refractivity contribution in [2.45, 2.75) is 6.92 Å². The van der Waals surface area contributed by atoms with Crippen LogP contribution in [0.2, 0.25) is 0 Å². The maximum absolute atomic E-state index is 13.4. The summed E-state index contributed by atoms with van der Waals surface area (Å²) in [6.07, 6.45) is 0. The van der Waals surface area contributed by atoms with Gasteiger partial charge in [-0.2, -0.15) is 0 Å². The van der Waals surface area contributed by atoms with Gasteiger partial charge in [0.2, 0.25) is 0 Å². The third-order valence-corrected chi connectivity index (χ3v) is 2.70. The van der Waals surface area contributed by atoms with E-state index in [-0.39, 0.29) is 22.9 Å². The summed E-state index contributed by atoms with van der Waals surface area (Å²) < 4.78 is 32.1. The summed E-state index contributed by atoms with van der Waals surface area (Å²) in [7, 11) is 0. The molecule has 6 heteroatoms. The van der Waals surface area contributed by atoms with E-state index in [0.29, 0.717) is 5.56 Å². The van der Waals surface area contributed by atoms with Gasteiger partial charge < -0.3 is 15.7 Å². The van der Waals surface area contributed by atoms with Crippen molar-refractivity contribution in [2.24, 2.45) is 10.9 Å².